The van der Waals surface area contributed by atoms with Crippen LogP contribution in [-0.4, -0.2) is 11.7 Å². The van der Waals surface area contributed by atoms with Gasteiger partial charge in [0.2, 0.25) is 0 Å². The van der Waals surface area contributed by atoms with Crippen molar-refractivity contribution in [2.45, 2.75) is 20.4 Å². The maximum Gasteiger partial charge on any atom is 0.143 e. The van der Waals surface area contributed by atoms with Crippen molar-refractivity contribution in [3.05, 3.63) is 28.4 Å². The number of halogens is 1. The van der Waals surface area contributed by atoms with Crippen molar-refractivity contribution in [2.75, 3.05) is 7.11 Å². The van der Waals surface area contributed by atoms with E-state index in [1.54, 1.807) is 7.11 Å². The zero-order valence-corrected chi connectivity index (χ0v) is 10.8. The second kappa shape index (κ2) is 3.89. The Kier molecular flexibility index (Phi) is 2.74. The molecule has 15 heavy (non-hydrogen) atoms. The molecule has 0 aliphatic rings. The zero-order valence-electron chi connectivity index (χ0n) is 9.17. The van der Waals surface area contributed by atoms with Gasteiger partial charge >= 0.3 is 0 Å². The van der Waals surface area contributed by atoms with Gasteiger partial charge in [-0.2, -0.15) is 0 Å². The second-order valence-corrected chi connectivity index (χ2v) is 4.27. The predicted molar refractivity (Wildman–Crippen MR) is 66.6 cm³/mol. The Morgan fingerprint density at radius 1 is 1.40 bits per heavy atom. The van der Waals surface area contributed by atoms with Gasteiger partial charge < -0.3 is 9.30 Å². The lowest BCUT2D eigenvalue weighted by atomic mass is 10.2. The first-order valence-corrected chi connectivity index (χ1v) is 5.81. The topological polar surface area (TPSA) is 14.2 Å². The van der Waals surface area contributed by atoms with E-state index in [4.69, 9.17) is 4.74 Å². The van der Waals surface area contributed by atoms with Gasteiger partial charge in [-0.15, -0.1) is 0 Å². The molecular formula is C12H14BrNO. The third-order valence-electron chi connectivity index (χ3n) is 2.76. The molecule has 0 bridgehead atoms. The maximum absolute atomic E-state index is 5.40. The van der Waals surface area contributed by atoms with E-state index in [2.05, 4.69) is 40.4 Å². The highest BCUT2D eigenvalue weighted by molar-refractivity contribution is 9.10. The van der Waals surface area contributed by atoms with Crippen molar-refractivity contribution in [2.24, 2.45) is 0 Å². The molecule has 0 saturated carbocycles. The molecule has 0 fully saturated rings. The van der Waals surface area contributed by atoms with Gasteiger partial charge in [0, 0.05) is 11.9 Å². The first-order chi connectivity index (χ1) is 7.20. The molecule has 0 N–H and O–H groups in total. The van der Waals surface area contributed by atoms with Gasteiger partial charge in [0.15, 0.2) is 0 Å². The van der Waals surface area contributed by atoms with Crippen molar-refractivity contribution in [3.63, 3.8) is 0 Å². The number of benzene rings is 1. The summed E-state index contributed by atoms with van der Waals surface area (Å²) in [5.74, 6) is 0.933. The molecule has 0 aliphatic carbocycles. The molecule has 0 amide bonds. The molecule has 0 unspecified atom stereocenters. The fourth-order valence-corrected chi connectivity index (χ4v) is 2.62. The van der Waals surface area contributed by atoms with Crippen LogP contribution in [0.1, 0.15) is 12.5 Å². The van der Waals surface area contributed by atoms with Crippen LogP contribution in [0.5, 0.6) is 5.75 Å². The first-order valence-electron chi connectivity index (χ1n) is 5.02. The summed E-state index contributed by atoms with van der Waals surface area (Å²) in [6.45, 7) is 5.19. The van der Waals surface area contributed by atoms with E-state index in [-0.39, 0.29) is 0 Å². The summed E-state index contributed by atoms with van der Waals surface area (Å²) in [6, 6.07) is 6.16. The van der Waals surface area contributed by atoms with Gasteiger partial charge in [0.25, 0.3) is 0 Å². The number of para-hydroxylation sites is 1. The van der Waals surface area contributed by atoms with Crippen molar-refractivity contribution in [1.82, 2.24) is 4.57 Å². The molecule has 2 aromatic rings. The van der Waals surface area contributed by atoms with Gasteiger partial charge in [-0.25, -0.2) is 0 Å². The highest BCUT2D eigenvalue weighted by atomic mass is 79.9. The third kappa shape index (κ3) is 1.46. The van der Waals surface area contributed by atoms with E-state index >= 15 is 0 Å². The van der Waals surface area contributed by atoms with Crippen LogP contribution in [0.2, 0.25) is 0 Å². The van der Waals surface area contributed by atoms with Crippen LogP contribution in [0.25, 0.3) is 10.9 Å². The standard InChI is InChI=1S/C12H14BrNO/c1-4-14-11-9(8(2)12(14)13)6-5-7-10(11)15-3/h5-7H,4H2,1-3H3. The Labute approximate surface area is 98.0 Å². The number of fused-ring (bicyclic) bond motifs is 1. The molecule has 1 aromatic carbocycles. The van der Waals surface area contributed by atoms with Crippen LogP contribution in [0.3, 0.4) is 0 Å². The largest absolute Gasteiger partial charge is 0.495 e. The quantitative estimate of drug-likeness (QED) is 0.809. The Balaban J connectivity index is 2.91. The molecule has 0 aliphatic heterocycles. The number of rotatable bonds is 2. The molecule has 2 rings (SSSR count). The van der Waals surface area contributed by atoms with Crippen LogP contribution in [0.4, 0.5) is 0 Å². The smallest absolute Gasteiger partial charge is 0.143 e. The number of hydrogen-bond acceptors (Lipinski definition) is 1. The molecule has 0 saturated heterocycles. The van der Waals surface area contributed by atoms with Crippen molar-refractivity contribution >= 4 is 26.8 Å². The molecule has 3 heteroatoms. The van der Waals surface area contributed by atoms with E-state index in [0.717, 1.165) is 16.9 Å². The molecule has 80 valence electrons. The van der Waals surface area contributed by atoms with Gasteiger partial charge in [0.05, 0.1) is 17.2 Å². The van der Waals surface area contributed by atoms with E-state index in [1.165, 1.54) is 16.5 Å². The number of ether oxygens (including phenoxy) is 1. The molecule has 0 atom stereocenters. The number of nitrogens with zero attached hydrogens (tertiary/aromatic N) is 1. The summed E-state index contributed by atoms with van der Waals surface area (Å²) in [7, 11) is 1.71. The van der Waals surface area contributed by atoms with Gasteiger partial charge in [-0.05, 0) is 41.4 Å². The van der Waals surface area contributed by atoms with Gasteiger partial charge in [-0.1, -0.05) is 12.1 Å². The monoisotopic (exact) mass is 267 g/mol. The summed E-state index contributed by atoms with van der Waals surface area (Å²) in [6.07, 6.45) is 0. The molecule has 0 spiro atoms. The SMILES string of the molecule is CCn1c(Br)c(C)c2cccc(OC)c21. The fraction of sp³-hybridized carbons (Fsp3) is 0.333. The summed E-state index contributed by atoms with van der Waals surface area (Å²) < 4.78 is 8.77. The lowest BCUT2D eigenvalue weighted by molar-refractivity contribution is 0.417. The van der Waals surface area contributed by atoms with Crippen LogP contribution in [0, 0.1) is 6.92 Å². The average Bonchev–Trinajstić information content (AvgIpc) is 2.52. The second-order valence-electron chi connectivity index (χ2n) is 3.52. The van der Waals surface area contributed by atoms with Crippen LogP contribution in [-0.2, 0) is 6.54 Å². The van der Waals surface area contributed by atoms with Crippen molar-refractivity contribution < 1.29 is 4.74 Å². The van der Waals surface area contributed by atoms with Crippen LogP contribution < -0.4 is 4.74 Å². The lowest BCUT2D eigenvalue weighted by Gasteiger charge is -2.07. The Bertz CT molecular complexity index is 502. The highest BCUT2D eigenvalue weighted by Gasteiger charge is 2.13. The van der Waals surface area contributed by atoms with E-state index in [9.17, 15) is 0 Å². The Morgan fingerprint density at radius 3 is 2.73 bits per heavy atom. The van der Waals surface area contributed by atoms with E-state index in [0.29, 0.717) is 0 Å². The van der Waals surface area contributed by atoms with Crippen molar-refractivity contribution in [1.29, 1.82) is 0 Å². The lowest BCUT2D eigenvalue weighted by Crippen LogP contribution is -1.95. The van der Waals surface area contributed by atoms with E-state index in [1.807, 2.05) is 12.1 Å². The Morgan fingerprint density at radius 2 is 2.13 bits per heavy atom. The van der Waals surface area contributed by atoms with Crippen LogP contribution >= 0.6 is 15.9 Å². The zero-order chi connectivity index (χ0) is 11.0. The number of aryl methyl sites for hydroxylation is 2. The highest BCUT2D eigenvalue weighted by Crippen LogP contribution is 2.34. The third-order valence-corrected chi connectivity index (χ3v) is 3.78. The summed E-state index contributed by atoms with van der Waals surface area (Å²) in [4.78, 5) is 0. The molecular weight excluding hydrogens is 254 g/mol. The molecule has 1 aromatic heterocycles. The maximum atomic E-state index is 5.40. The predicted octanol–water partition coefficient (Wildman–Crippen LogP) is 3.74. The van der Waals surface area contributed by atoms with Gasteiger partial charge in [0.1, 0.15) is 5.75 Å². The molecule has 0 radical (unpaired) electrons. The van der Waals surface area contributed by atoms with Gasteiger partial charge in [-0.3, -0.25) is 0 Å². The van der Waals surface area contributed by atoms with E-state index < -0.39 is 0 Å². The number of hydrogen-bond donors (Lipinski definition) is 0. The number of aromatic nitrogens is 1. The fourth-order valence-electron chi connectivity index (χ4n) is 1.98. The summed E-state index contributed by atoms with van der Waals surface area (Å²) >= 11 is 3.62. The summed E-state index contributed by atoms with van der Waals surface area (Å²) in [5.41, 5.74) is 2.44. The molecule has 1 heterocycles. The minimum Gasteiger partial charge on any atom is -0.495 e. The van der Waals surface area contributed by atoms with Crippen molar-refractivity contribution in [3.8, 4) is 5.75 Å². The average molecular weight is 268 g/mol. The minimum absolute atomic E-state index is 0.933. The van der Waals surface area contributed by atoms with Crippen LogP contribution in [0.15, 0.2) is 22.8 Å². The minimum atomic E-state index is 0.933. The first kappa shape index (κ1) is 10.6. The molecule has 2 nitrogen and oxygen atoms in total. The Hall–Kier alpha value is -0.960. The number of methoxy groups -OCH3 is 1. The summed E-state index contributed by atoms with van der Waals surface area (Å²) in [5, 5.41) is 1.25. The normalized spacial score (nSPS) is 10.9.